The normalized spacial score (nSPS) is 12.6. The molecule has 0 amide bonds. The summed E-state index contributed by atoms with van der Waals surface area (Å²) in [6, 6.07) is 45.0. The molecule has 0 saturated heterocycles. The van der Waals surface area contributed by atoms with E-state index >= 15 is 0 Å². The lowest BCUT2D eigenvalue weighted by molar-refractivity contribution is 1.32. The highest BCUT2D eigenvalue weighted by Gasteiger charge is 2.11. The quantitative estimate of drug-likeness (QED) is 0.221. The van der Waals surface area contributed by atoms with E-state index in [2.05, 4.69) is 133 Å². The molecule has 0 fully saturated rings. The molecule has 0 aliphatic heterocycles. The number of hydrogen-bond acceptors (Lipinski definition) is 0. The molecule has 0 heterocycles. The van der Waals surface area contributed by atoms with Gasteiger partial charge in [0, 0.05) is 0 Å². The van der Waals surface area contributed by atoms with Crippen molar-refractivity contribution < 1.29 is 0 Å². The van der Waals surface area contributed by atoms with Crippen LogP contribution in [0.25, 0.3) is 71.4 Å². The zero-order chi connectivity index (χ0) is 24.3. The minimum atomic E-state index is 1.05. The monoisotopic (exact) mass is 468 g/mol. The van der Waals surface area contributed by atoms with Crippen LogP contribution in [0.2, 0.25) is 0 Å². The third-order valence-electron chi connectivity index (χ3n) is 8.01. The number of benzene rings is 7. The third-order valence-corrected chi connectivity index (χ3v) is 8.01. The van der Waals surface area contributed by atoms with Crippen molar-refractivity contribution in [2.45, 2.75) is 6.42 Å². The summed E-state index contributed by atoms with van der Waals surface area (Å²) < 4.78 is 0. The van der Waals surface area contributed by atoms with Gasteiger partial charge in [-0.15, -0.1) is 0 Å². The Balaban J connectivity index is 1.28. The van der Waals surface area contributed by atoms with Crippen LogP contribution in [0.4, 0.5) is 0 Å². The third kappa shape index (κ3) is 3.23. The molecule has 172 valence electrons. The van der Waals surface area contributed by atoms with E-state index in [9.17, 15) is 0 Å². The number of rotatable bonds is 2. The molecule has 0 spiro atoms. The van der Waals surface area contributed by atoms with Crippen LogP contribution in [0.1, 0.15) is 11.1 Å². The molecular formula is C37H24. The number of fused-ring (bicyclic) bond motifs is 8. The van der Waals surface area contributed by atoms with Crippen LogP contribution < -0.4 is 0 Å². The van der Waals surface area contributed by atoms with Gasteiger partial charge in [0.1, 0.15) is 0 Å². The highest BCUT2D eigenvalue weighted by molar-refractivity contribution is 6.25. The summed E-state index contributed by atoms with van der Waals surface area (Å²) in [4.78, 5) is 0. The summed E-state index contributed by atoms with van der Waals surface area (Å²) in [5.41, 5.74) is 7.78. The second-order valence-corrected chi connectivity index (χ2v) is 10.2. The summed E-state index contributed by atoms with van der Waals surface area (Å²) in [6.45, 7) is 0. The van der Waals surface area contributed by atoms with E-state index < -0.39 is 0 Å². The van der Waals surface area contributed by atoms with Gasteiger partial charge in [-0.25, -0.2) is 0 Å². The van der Waals surface area contributed by atoms with Gasteiger partial charge in [0.25, 0.3) is 0 Å². The van der Waals surface area contributed by atoms with E-state index in [0.717, 1.165) is 6.42 Å². The first kappa shape index (κ1) is 20.5. The topological polar surface area (TPSA) is 0 Å². The first-order valence-corrected chi connectivity index (χ1v) is 13.0. The molecule has 0 N–H and O–H groups in total. The lowest BCUT2D eigenvalue weighted by Gasteiger charge is -2.13. The van der Waals surface area contributed by atoms with Crippen molar-refractivity contribution in [3.05, 3.63) is 139 Å². The Hall–Kier alpha value is -4.68. The molecule has 1 aliphatic rings. The van der Waals surface area contributed by atoms with Gasteiger partial charge in [-0.05, 0) is 107 Å². The molecule has 0 saturated carbocycles. The number of allylic oxidation sites excluding steroid dienone is 1. The molecule has 7 aromatic carbocycles. The fourth-order valence-electron chi connectivity index (χ4n) is 6.15. The molecule has 0 nitrogen and oxygen atoms in total. The van der Waals surface area contributed by atoms with Gasteiger partial charge in [0.2, 0.25) is 0 Å². The van der Waals surface area contributed by atoms with Crippen molar-refractivity contribution in [3.63, 3.8) is 0 Å². The first-order chi connectivity index (χ1) is 18.3. The van der Waals surface area contributed by atoms with Crippen molar-refractivity contribution in [2.24, 2.45) is 0 Å². The maximum absolute atomic E-state index is 2.37. The van der Waals surface area contributed by atoms with E-state index in [-0.39, 0.29) is 0 Å². The van der Waals surface area contributed by atoms with E-state index in [1.165, 1.54) is 76.5 Å². The van der Waals surface area contributed by atoms with Crippen LogP contribution in [0.3, 0.4) is 0 Å². The SMILES string of the molecule is C1=Cc2cc3cc(-c4cccc(-c5ccc6c7ccccc7c7ccccc7c6c5)c4)ccc3cc2C1. The fourth-order valence-corrected chi connectivity index (χ4v) is 6.15. The Labute approximate surface area is 216 Å². The molecule has 8 rings (SSSR count). The van der Waals surface area contributed by atoms with Gasteiger partial charge in [0.15, 0.2) is 0 Å². The van der Waals surface area contributed by atoms with Crippen molar-refractivity contribution >= 4 is 49.2 Å². The molecule has 37 heavy (non-hydrogen) atoms. The Morgan fingerprint density at radius 1 is 0.378 bits per heavy atom. The van der Waals surface area contributed by atoms with Gasteiger partial charge in [0.05, 0.1) is 0 Å². The van der Waals surface area contributed by atoms with E-state index in [1.54, 1.807) is 0 Å². The highest BCUT2D eigenvalue weighted by atomic mass is 14.1. The lowest BCUT2D eigenvalue weighted by Crippen LogP contribution is -1.86. The van der Waals surface area contributed by atoms with Crippen molar-refractivity contribution in [2.75, 3.05) is 0 Å². The van der Waals surface area contributed by atoms with E-state index in [1.807, 2.05) is 0 Å². The summed E-state index contributed by atoms with van der Waals surface area (Å²) in [7, 11) is 0. The summed E-state index contributed by atoms with van der Waals surface area (Å²) >= 11 is 0. The lowest BCUT2D eigenvalue weighted by atomic mass is 9.91. The van der Waals surface area contributed by atoms with Crippen LogP contribution in [-0.4, -0.2) is 0 Å². The van der Waals surface area contributed by atoms with Crippen LogP contribution in [0.5, 0.6) is 0 Å². The van der Waals surface area contributed by atoms with Crippen LogP contribution >= 0.6 is 0 Å². The summed E-state index contributed by atoms with van der Waals surface area (Å²) in [6.07, 6.45) is 5.55. The molecule has 7 aromatic rings. The minimum absolute atomic E-state index is 1.05. The zero-order valence-electron chi connectivity index (χ0n) is 20.4. The number of hydrogen-bond donors (Lipinski definition) is 0. The van der Waals surface area contributed by atoms with Crippen molar-refractivity contribution in [3.8, 4) is 22.3 Å². The molecule has 0 bridgehead atoms. The van der Waals surface area contributed by atoms with Gasteiger partial charge in [-0.1, -0.05) is 109 Å². The van der Waals surface area contributed by atoms with E-state index in [0.29, 0.717) is 0 Å². The fraction of sp³-hybridized carbons (Fsp3) is 0.0270. The first-order valence-electron chi connectivity index (χ1n) is 13.0. The summed E-state index contributed by atoms with van der Waals surface area (Å²) in [5, 5.41) is 10.5. The van der Waals surface area contributed by atoms with Crippen LogP contribution in [0, 0.1) is 0 Å². The molecule has 0 radical (unpaired) electrons. The molecule has 0 unspecified atom stereocenters. The van der Waals surface area contributed by atoms with Crippen LogP contribution in [-0.2, 0) is 6.42 Å². The van der Waals surface area contributed by atoms with Gasteiger partial charge in [-0.2, -0.15) is 0 Å². The van der Waals surface area contributed by atoms with Gasteiger partial charge < -0.3 is 0 Å². The second-order valence-electron chi connectivity index (χ2n) is 10.2. The standard InChI is InChI=1S/C37H24/c1-2-13-34-32(11-1)33-12-3-4-14-35(33)37-23-30(17-18-36(34)37)26-9-6-8-25(19-26)28-15-16-29-20-24-7-5-10-27(24)21-31(29)22-28/h1-6,8-23H,7H2. The van der Waals surface area contributed by atoms with Gasteiger partial charge >= 0.3 is 0 Å². The second kappa shape index (κ2) is 7.91. The molecular weight excluding hydrogens is 444 g/mol. The van der Waals surface area contributed by atoms with Crippen LogP contribution in [0.15, 0.2) is 127 Å². The Morgan fingerprint density at radius 3 is 1.70 bits per heavy atom. The van der Waals surface area contributed by atoms with Crippen molar-refractivity contribution in [1.82, 2.24) is 0 Å². The largest absolute Gasteiger partial charge is 0.0795 e. The molecule has 1 aliphatic carbocycles. The molecule has 0 atom stereocenters. The average Bonchev–Trinajstić information content (AvgIpc) is 3.43. The Kier molecular flexibility index (Phi) is 4.39. The van der Waals surface area contributed by atoms with Crippen molar-refractivity contribution in [1.29, 1.82) is 0 Å². The van der Waals surface area contributed by atoms with E-state index in [4.69, 9.17) is 0 Å². The molecule has 0 aromatic heterocycles. The Bertz CT molecular complexity index is 2020. The molecule has 0 heteroatoms. The highest BCUT2D eigenvalue weighted by Crippen LogP contribution is 2.38. The Morgan fingerprint density at radius 2 is 0.973 bits per heavy atom. The minimum Gasteiger partial charge on any atom is -0.0795 e. The summed E-state index contributed by atoms with van der Waals surface area (Å²) in [5.74, 6) is 0. The zero-order valence-corrected chi connectivity index (χ0v) is 20.4. The maximum Gasteiger partial charge on any atom is -0.00880 e. The average molecular weight is 469 g/mol. The predicted molar refractivity (Wildman–Crippen MR) is 160 cm³/mol. The maximum atomic E-state index is 2.37. The smallest absolute Gasteiger partial charge is 0.00880 e. The predicted octanol–water partition coefficient (Wildman–Crippen LogP) is 10.2. The van der Waals surface area contributed by atoms with Gasteiger partial charge in [-0.3, -0.25) is 0 Å².